The summed E-state index contributed by atoms with van der Waals surface area (Å²) in [5.41, 5.74) is 9.97. The first kappa shape index (κ1) is 25.0. The molecule has 2 N–H and O–H groups in total. The van der Waals surface area contributed by atoms with E-state index in [1.165, 1.54) is 11.1 Å². The molecular weight excluding hydrogens is 509 g/mol. The lowest BCUT2D eigenvalue weighted by Crippen LogP contribution is -2.39. The highest BCUT2D eigenvalue weighted by molar-refractivity contribution is 5.93. The van der Waals surface area contributed by atoms with Crippen LogP contribution in [0.3, 0.4) is 0 Å². The third-order valence-electron chi connectivity index (χ3n) is 9.11. The predicted molar refractivity (Wildman–Crippen MR) is 147 cm³/mol. The van der Waals surface area contributed by atoms with Gasteiger partial charge in [0.2, 0.25) is 0 Å². The highest BCUT2D eigenvalue weighted by Gasteiger charge is 2.52. The molecule has 0 bridgehead atoms. The highest BCUT2D eigenvalue weighted by Crippen LogP contribution is 2.54. The molecule has 8 nitrogen and oxygen atoms in total. The van der Waals surface area contributed by atoms with Gasteiger partial charge in [0.1, 0.15) is 17.6 Å². The number of fused-ring (bicyclic) bond motifs is 2. The number of nitrogens with zero attached hydrogens (tertiary/aromatic N) is 4. The van der Waals surface area contributed by atoms with Crippen LogP contribution in [0, 0.1) is 11.3 Å². The number of rotatable bonds is 5. The van der Waals surface area contributed by atoms with Gasteiger partial charge in [-0.2, -0.15) is 5.10 Å². The number of hydrogen-bond donors (Lipinski definition) is 1. The van der Waals surface area contributed by atoms with Crippen molar-refractivity contribution in [3.8, 4) is 0 Å². The van der Waals surface area contributed by atoms with Crippen molar-refractivity contribution < 1.29 is 18.7 Å². The number of primary amides is 1. The minimum absolute atomic E-state index is 0.0328. The molecule has 1 aromatic carbocycles. The number of aromatic nitrogens is 3. The Morgan fingerprint density at radius 2 is 2.00 bits per heavy atom. The molecule has 0 saturated heterocycles. The standard InChI is InChI=1S/C31H32FN5O3/c1-17-20-6-4-3-5-18(20)10-12-36(17)29(38)25-14-26(19-7-8-19)37-28(34-25)15-24(35-37)21-9-11-31(2,16-23(21)32)22-13-27(22)40-30(33)39/h3-6,9,14-17,19,22,27H,7-8,10-13H2,1-2H3,(H2,33,39)/t17-,22+,27+,31?/m1/s1. The number of halogens is 1. The minimum Gasteiger partial charge on any atom is -0.446 e. The SMILES string of the molecule is C[C@@H]1c2ccccc2CCN1C(=O)c1cc(C2CC2)n2nc(C3=CCC(C)([C@H]4C[C@@H]4OC(N)=O)C=C3F)cc2n1. The second kappa shape index (κ2) is 9.01. The van der Waals surface area contributed by atoms with E-state index in [9.17, 15) is 9.59 Å². The highest BCUT2D eigenvalue weighted by atomic mass is 19.1. The van der Waals surface area contributed by atoms with Crippen molar-refractivity contribution in [3.63, 3.8) is 0 Å². The zero-order valence-corrected chi connectivity index (χ0v) is 22.6. The lowest BCUT2D eigenvalue weighted by Gasteiger charge is -2.35. The zero-order valence-electron chi connectivity index (χ0n) is 22.6. The molecule has 2 fully saturated rings. The number of amides is 2. The van der Waals surface area contributed by atoms with Crippen LogP contribution < -0.4 is 5.73 Å². The van der Waals surface area contributed by atoms with Crippen LogP contribution >= 0.6 is 0 Å². The summed E-state index contributed by atoms with van der Waals surface area (Å²) in [6.45, 7) is 4.68. The van der Waals surface area contributed by atoms with Crippen molar-refractivity contribution >= 4 is 23.2 Å². The molecule has 4 aliphatic rings. The average Bonchev–Trinajstić information content (AvgIpc) is 3.85. The smallest absolute Gasteiger partial charge is 0.404 e. The molecule has 206 valence electrons. The van der Waals surface area contributed by atoms with E-state index in [1.54, 1.807) is 16.7 Å². The summed E-state index contributed by atoms with van der Waals surface area (Å²) in [6.07, 6.45) is 6.56. The number of carbonyl (C=O) groups is 2. The van der Waals surface area contributed by atoms with Crippen molar-refractivity contribution in [3.05, 3.63) is 82.6 Å². The van der Waals surface area contributed by atoms with Crippen LogP contribution in [-0.4, -0.2) is 44.1 Å². The van der Waals surface area contributed by atoms with Gasteiger partial charge in [0.05, 0.1) is 11.7 Å². The van der Waals surface area contributed by atoms with E-state index in [-0.39, 0.29) is 29.8 Å². The summed E-state index contributed by atoms with van der Waals surface area (Å²) in [5.74, 6) is -0.104. The number of allylic oxidation sites excluding steroid dienone is 4. The lowest BCUT2D eigenvalue weighted by molar-refractivity contribution is 0.0671. The summed E-state index contributed by atoms with van der Waals surface area (Å²) < 4.78 is 22.5. The molecule has 4 atom stereocenters. The van der Waals surface area contributed by atoms with Gasteiger partial charge in [-0.05, 0) is 67.7 Å². The third kappa shape index (κ3) is 4.19. The first-order valence-electron chi connectivity index (χ1n) is 14.1. The maximum atomic E-state index is 15.6. The lowest BCUT2D eigenvalue weighted by atomic mass is 9.76. The third-order valence-corrected chi connectivity index (χ3v) is 9.11. The van der Waals surface area contributed by atoms with Crippen molar-refractivity contribution in [2.24, 2.45) is 17.1 Å². The van der Waals surface area contributed by atoms with Crippen LogP contribution in [0.5, 0.6) is 0 Å². The van der Waals surface area contributed by atoms with Crippen molar-refractivity contribution in [1.82, 2.24) is 19.5 Å². The molecule has 9 heteroatoms. The van der Waals surface area contributed by atoms with Gasteiger partial charge in [-0.15, -0.1) is 0 Å². The van der Waals surface area contributed by atoms with E-state index >= 15 is 4.39 Å². The summed E-state index contributed by atoms with van der Waals surface area (Å²) in [4.78, 5) is 31.5. The molecule has 1 aliphatic heterocycles. The van der Waals surface area contributed by atoms with Gasteiger partial charge >= 0.3 is 6.09 Å². The van der Waals surface area contributed by atoms with Gasteiger partial charge in [-0.25, -0.2) is 18.7 Å². The molecule has 40 heavy (non-hydrogen) atoms. The van der Waals surface area contributed by atoms with Gasteiger partial charge in [-0.1, -0.05) is 37.3 Å². The topological polar surface area (TPSA) is 103 Å². The van der Waals surface area contributed by atoms with Crippen LogP contribution in [0.25, 0.3) is 11.2 Å². The second-order valence-corrected chi connectivity index (χ2v) is 11.9. The van der Waals surface area contributed by atoms with Gasteiger partial charge in [0.15, 0.2) is 5.65 Å². The van der Waals surface area contributed by atoms with Gasteiger partial charge < -0.3 is 15.4 Å². The Kier molecular flexibility index (Phi) is 5.63. The Balaban J connectivity index is 1.18. The fraction of sp³-hybridized carbons (Fsp3) is 0.419. The van der Waals surface area contributed by atoms with Crippen molar-refractivity contribution in [2.75, 3.05) is 6.54 Å². The summed E-state index contributed by atoms with van der Waals surface area (Å²) in [6, 6.07) is 11.9. The number of ether oxygens (including phenoxy) is 1. The zero-order chi connectivity index (χ0) is 27.8. The maximum Gasteiger partial charge on any atom is 0.404 e. The largest absolute Gasteiger partial charge is 0.446 e. The van der Waals surface area contributed by atoms with Crippen LogP contribution in [-0.2, 0) is 11.2 Å². The summed E-state index contributed by atoms with van der Waals surface area (Å²) in [7, 11) is 0. The summed E-state index contributed by atoms with van der Waals surface area (Å²) >= 11 is 0. The molecule has 2 amide bonds. The molecule has 2 aromatic heterocycles. The summed E-state index contributed by atoms with van der Waals surface area (Å²) in [5, 5.41) is 4.76. The Bertz CT molecular complexity index is 1620. The monoisotopic (exact) mass is 541 g/mol. The number of carbonyl (C=O) groups excluding carboxylic acids is 2. The van der Waals surface area contributed by atoms with Crippen LogP contribution in [0.2, 0.25) is 0 Å². The molecule has 3 aromatic rings. The molecule has 2 saturated carbocycles. The fourth-order valence-electron chi connectivity index (χ4n) is 6.58. The number of hydrogen-bond acceptors (Lipinski definition) is 5. The van der Waals surface area contributed by atoms with Crippen molar-refractivity contribution in [2.45, 2.75) is 64.0 Å². The second-order valence-electron chi connectivity index (χ2n) is 11.9. The van der Waals surface area contributed by atoms with E-state index in [4.69, 9.17) is 20.6 Å². The van der Waals surface area contributed by atoms with Crippen LogP contribution in [0.1, 0.15) is 84.5 Å². The average molecular weight is 542 g/mol. The molecule has 3 heterocycles. The molecule has 7 rings (SSSR count). The van der Waals surface area contributed by atoms with E-state index in [0.717, 1.165) is 25.0 Å². The number of benzene rings is 1. The Morgan fingerprint density at radius 3 is 2.75 bits per heavy atom. The van der Waals surface area contributed by atoms with Crippen LogP contribution in [0.15, 0.2) is 54.4 Å². The van der Waals surface area contributed by atoms with Crippen LogP contribution in [0.4, 0.5) is 9.18 Å². The van der Waals surface area contributed by atoms with Gasteiger partial charge in [0, 0.05) is 35.7 Å². The molecule has 0 radical (unpaired) electrons. The normalized spacial score (nSPS) is 27.6. The molecule has 1 unspecified atom stereocenters. The van der Waals surface area contributed by atoms with E-state index in [1.807, 2.05) is 36.1 Å². The first-order chi connectivity index (χ1) is 19.2. The maximum absolute atomic E-state index is 15.6. The van der Waals surface area contributed by atoms with E-state index in [0.29, 0.717) is 47.9 Å². The van der Waals surface area contributed by atoms with Crippen molar-refractivity contribution in [1.29, 1.82) is 0 Å². The Labute approximate surface area is 231 Å². The Hall–Kier alpha value is -4.01. The Morgan fingerprint density at radius 1 is 1.20 bits per heavy atom. The van der Waals surface area contributed by atoms with Gasteiger partial charge in [-0.3, -0.25) is 4.79 Å². The quantitative estimate of drug-likeness (QED) is 0.460. The van der Waals surface area contributed by atoms with E-state index < -0.39 is 11.5 Å². The number of nitrogens with two attached hydrogens (primary N) is 1. The fourth-order valence-corrected chi connectivity index (χ4v) is 6.58. The van der Waals surface area contributed by atoms with Gasteiger partial charge in [0.25, 0.3) is 5.91 Å². The molecular formula is C31H32FN5O3. The predicted octanol–water partition coefficient (Wildman–Crippen LogP) is 5.50. The first-order valence-corrected chi connectivity index (χ1v) is 14.1. The van der Waals surface area contributed by atoms with E-state index in [2.05, 4.69) is 19.1 Å². The molecule has 3 aliphatic carbocycles. The minimum atomic E-state index is -0.798. The molecule has 0 spiro atoms.